The molecule has 0 atom stereocenters. The van der Waals surface area contributed by atoms with Gasteiger partial charge in [-0.15, -0.1) is 0 Å². The van der Waals surface area contributed by atoms with Crippen LogP contribution in [-0.4, -0.2) is 38.2 Å². The summed E-state index contributed by atoms with van der Waals surface area (Å²) in [4.78, 5) is 5.29. The van der Waals surface area contributed by atoms with Crippen LogP contribution in [0, 0.1) is 6.92 Å². The largest absolute Gasteiger partial charge is 0.497 e. The number of rotatable bonds is 8. The smallest absolute Gasteiger partial charge is 0.162 e. The van der Waals surface area contributed by atoms with Crippen molar-refractivity contribution in [3.05, 3.63) is 59.8 Å². The lowest BCUT2D eigenvalue weighted by atomic mass is 10.1. The molecule has 6 nitrogen and oxygen atoms in total. The van der Waals surface area contributed by atoms with Crippen molar-refractivity contribution in [2.24, 2.45) is 5.16 Å². The molecular formula is C24H28N2O4. The van der Waals surface area contributed by atoms with Gasteiger partial charge in [0.15, 0.2) is 11.5 Å². The molecule has 0 N–H and O–H groups in total. The number of methoxy groups -OCH3 is 3. The quantitative estimate of drug-likeness (QED) is 0.378. The molecular weight excluding hydrogens is 380 g/mol. The Morgan fingerprint density at radius 1 is 0.900 bits per heavy atom. The fraction of sp³-hybridized carbons (Fsp3) is 0.292. The van der Waals surface area contributed by atoms with Gasteiger partial charge in [0.2, 0.25) is 0 Å². The molecule has 158 valence electrons. The zero-order valence-electron chi connectivity index (χ0n) is 18.4. The predicted octanol–water partition coefficient (Wildman–Crippen LogP) is 5.24. The summed E-state index contributed by atoms with van der Waals surface area (Å²) in [7, 11) is 4.93. The topological polar surface area (TPSA) is 54.2 Å². The summed E-state index contributed by atoms with van der Waals surface area (Å²) in [6.45, 7) is 6.47. The lowest BCUT2D eigenvalue weighted by Crippen LogP contribution is -2.03. The van der Waals surface area contributed by atoms with E-state index < -0.39 is 0 Å². The van der Waals surface area contributed by atoms with E-state index in [4.69, 9.17) is 19.0 Å². The molecule has 0 aliphatic carbocycles. The Bertz CT molecular complexity index is 1040. The first-order chi connectivity index (χ1) is 14.5. The number of aromatic nitrogens is 1. The van der Waals surface area contributed by atoms with Crippen LogP contribution >= 0.6 is 0 Å². The third kappa shape index (κ3) is 4.13. The number of hydrogen-bond acceptors (Lipinski definition) is 5. The van der Waals surface area contributed by atoms with Crippen molar-refractivity contribution in [1.82, 2.24) is 4.57 Å². The zero-order chi connectivity index (χ0) is 21.7. The van der Waals surface area contributed by atoms with Gasteiger partial charge < -0.3 is 23.6 Å². The molecule has 1 aromatic heterocycles. The highest BCUT2D eigenvalue weighted by Gasteiger charge is 2.18. The summed E-state index contributed by atoms with van der Waals surface area (Å²) in [5, 5.41) is 4.24. The van der Waals surface area contributed by atoms with Crippen LogP contribution < -0.4 is 14.2 Å². The van der Waals surface area contributed by atoms with Crippen molar-refractivity contribution >= 4 is 5.71 Å². The summed E-state index contributed by atoms with van der Waals surface area (Å²) in [5.41, 5.74) is 5.94. The number of nitrogens with zero attached hydrogens (tertiary/aromatic N) is 2. The van der Waals surface area contributed by atoms with Gasteiger partial charge in [0.25, 0.3) is 0 Å². The summed E-state index contributed by atoms with van der Waals surface area (Å²) in [6, 6.07) is 16.0. The van der Waals surface area contributed by atoms with Crippen LogP contribution in [0.4, 0.5) is 0 Å². The van der Waals surface area contributed by atoms with Crippen LogP contribution in [0.3, 0.4) is 0 Å². The lowest BCUT2D eigenvalue weighted by Gasteiger charge is -2.15. The van der Waals surface area contributed by atoms with Gasteiger partial charge in [0, 0.05) is 23.0 Å². The van der Waals surface area contributed by atoms with Gasteiger partial charge in [0.1, 0.15) is 12.4 Å². The van der Waals surface area contributed by atoms with Gasteiger partial charge in [-0.3, -0.25) is 0 Å². The summed E-state index contributed by atoms with van der Waals surface area (Å²) in [6.07, 6.45) is 0. The van der Waals surface area contributed by atoms with E-state index in [1.54, 1.807) is 21.3 Å². The SMILES string of the molecule is CCO/N=C(\C)c1cc(-c2ccc(OC)cc2)n(-c2ccc(OC)c(OC)c2)c1C. The molecule has 1 heterocycles. The Balaban J connectivity index is 2.22. The second-order valence-corrected chi connectivity index (χ2v) is 6.73. The van der Waals surface area contributed by atoms with Crippen LogP contribution in [0.2, 0.25) is 0 Å². The van der Waals surface area contributed by atoms with Crippen molar-refractivity contribution in [3.63, 3.8) is 0 Å². The van der Waals surface area contributed by atoms with E-state index in [0.29, 0.717) is 18.1 Å². The molecule has 0 unspecified atom stereocenters. The van der Waals surface area contributed by atoms with Gasteiger partial charge in [0.05, 0.1) is 32.7 Å². The molecule has 0 aliphatic heterocycles. The van der Waals surface area contributed by atoms with Gasteiger partial charge in [-0.05, 0) is 68.8 Å². The van der Waals surface area contributed by atoms with Crippen LogP contribution in [-0.2, 0) is 4.84 Å². The molecule has 0 saturated carbocycles. The van der Waals surface area contributed by atoms with Crippen molar-refractivity contribution in [1.29, 1.82) is 0 Å². The third-order valence-corrected chi connectivity index (χ3v) is 4.98. The van der Waals surface area contributed by atoms with E-state index in [0.717, 1.165) is 39.7 Å². The molecule has 3 rings (SSSR count). The van der Waals surface area contributed by atoms with Crippen LogP contribution in [0.25, 0.3) is 16.9 Å². The third-order valence-electron chi connectivity index (χ3n) is 4.98. The van der Waals surface area contributed by atoms with Gasteiger partial charge in [-0.1, -0.05) is 5.16 Å². The van der Waals surface area contributed by atoms with Crippen molar-refractivity contribution < 1.29 is 19.0 Å². The number of hydrogen-bond donors (Lipinski definition) is 0. The molecule has 30 heavy (non-hydrogen) atoms. The van der Waals surface area contributed by atoms with Gasteiger partial charge in [-0.2, -0.15) is 0 Å². The molecule has 0 aliphatic rings. The Kier molecular flexibility index (Phi) is 6.67. The van der Waals surface area contributed by atoms with E-state index in [2.05, 4.69) is 22.7 Å². The molecule has 3 aromatic rings. The minimum absolute atomic E-state index is 0.526. The second kappa shape index (κ2) is 9.39. The average Bonchev–Trinajstić information content (AvgIpc) is 3.14. The van der Waals surface area contributed by atoms with Gasteiger partial charge >= 0.3 is 0 Å². The van der Waals surface area contributed by atoms with E-state index in [-0.39, 0.29) is 0 Å². The first-order valence-electron chi connectivity index (χ1n) is 9.80. The first kappa shape index (κ1) is 21.3. The van der Waals surface area contributed by atoms with Crippen LogP contribution in [0.5, 0.6) is 17.2 Å². The minimum Gasteiger partial charge on any atom is -0.497 e. The van der Waals surface area contributed by atoms with E-state index in [1.165, 1.54) is 0 Å². The highest BCUT2D eigenvalue weighted by atomic mass is 16.6. The molecule has 6 heteroatoms. The minimum atomic E-state index is 0.526. The van der Waals surface area contributed by atoms with Crippen LogP contribution in [0.1, 0.15) is 25.1 Å². The standard InChI is InChI=1S/C24H28N2O4/c1-7-30-25-16(2)21-15-22(18-8-11-20(27-4)12-9-18)26(17(21)3)19-10-13-23(28-5)24(14-19)29-6/h8-15H,7H2,1-6H3/b25-16+. The monoisotopic (exact) mass is 408 g/mol. The summed E-state index contributed by atoms with van der Waals surface area (Å²) >= 11 is 0. The molecule has 2 aromatic carbocycles. The van der Waals surface area contributed by atoms with Crippen LogP contribution in [0.15, 0.2) is 53.7 Å². The van der Waals surface area contributed by atoms with E-state index in [9.17, 15) is 0 Å². The highest BCUT2D eigenvalue weighted by molar-refractivity contribution is 6.01. The van der Waals surface area contributed by atoms with Crippen molar-refractivity contribution in [2.45, 2.75) is 20.8 Å². The first-order valence-corrected chi connectivity index (χ1v) is 9.80. The average molecular weight is 408 g/mol. The molecule has 0 fully saturated rings. The maximum absolute atomic E-state index is 5.52. The van der Waals surface area contributed by atoms with E-state index >= 15 is 0 Å². The molecule has 0 bridgehead atoms. The molecule has 0 spiro atoms. The fourth-order valence-corrected chi connectivity index (χ4v) is 3.45. The Hall–Kier alpha value is -3.41. The maximum Gasteiger partial charge on any atom is 0.162 e. The molecule has 0 radical (unpaired) electrons. The maximum atomic E-state index is 5.52. The molecule has 0 amide bonds. The Labute approximate surface area is 177 Å². The fourth-order valence-electron chi connectivity index (χ4n) is 3.45. The Morgan fingerprint density at radius 2 is 1.60 bits per heavy atom. The lowest BCUT2D eigenvalue weighted by molar-refractivity contribution is 0.159. The summed E-state index contributed by atoms with van der Waals surface area (Å²) in [5.74, 6) is 2.17. The zero-order valence-corrected chi connectivity index (χ0v) is 18.4. The highest BCUT2D eigenvalue weighted by Crippen LogP contribution is 2.35. The predicted molar refractivity (Wildman–Crippen MR) is 119 cm³/mol. The summed E-state index contributed by atoms with van der Waals surface area (Å²) < 4.78 is 18.4. The normalized spacial score (nSPS) is 11.3. The number of benzene rings is 2. The van der Waals surface area contributed by atoms with E-state index in [1.807, 2.05) is 56.3 Å². The van der Waals surface area contributed by atoms with Gasteiger partial charge in [-0.25, -0.2) is 0 Å². The number of oxime groups is 1. The molecule has 0 saturated heterocycles. The number of ether oxygens (including phenoxy) is 3. The van der Waals surface area contributed by atoms with Crippen molar-refractivity contribution in [3.8, 4) is 34.2 Å². The van der Waals surface area contributed by atoms with Crippen molar-refractivity contribution in [2.75, 3.05) is 27.9 Å². The second-order valence-electron chi connectivity index (χ2n) is 6.73. The Morgan fingerprint density at radius 3 is 2.20 bits per heavy atom.